The second kappa shape index (κ2) is 8.23. The zero-order valence-electron chi connectivity index (χ0n) is 15.6. The van der Waals surface area contributed by atoms with Gasteiger partial charge in [0.1, 0.15) is 0 Å². The van der Waals surface area contributed by atoms with Crippen molar-refractivity contribution in [2.24, 2.45) is 0 Å². The van der Waals surface area contributed by atoms with Crippen LogP contribution >= 0.6 is 11.3 Å². The van der Waals surface area contributed by atoms with Gasteiger partial charge in [-0.25, -0.2) is 4.98 Å². The van der Waals surface area contributed by atoms with Crippen LogP contribution in [0, 0.1) is 6.92 Å². The normalized spacial score (nSPS) is 10.6. The van der Waals surface area contributed by atoms with Crippen LogP contribution in [0.1, 0.15) is 23.8 Å². The number of benzene rings is 2. The van der Waals surface area contributed by atoms with E-state index in [9.17, 15) is 0 Å². The highest BCUT2D eigenvalue weighted by Gasteiger charge is 2.15. The molecule has 0 saturated carbocycles. The van der Waals surface area contributed by atoms with E-state index < -0.39 is 0 Å². The van der Waals surface area contributed by atoms with Crippen molar-refractivity contribution >= 4 is 22.2 Å². The van der Waals surface area contributed by atoms with Gasteiger partial charge in [0, 0.05) is 16.1 Å². The number of nitrogens with one attached hydrogen (secondary N) is 1. The second-order valence-corrected chi connectivity index (χ2v) is 7.13. The van der Waals surface area contributed by atoms with E-state index >= 15 is 0 Å². The highest BCUT2D eigenvalue weighted by atomic mass is 32.1. The fraction of sp³-hybridized carbons (Fsp3) is 0.286. The molecule has 0 spiro atoms. The highest BCUT2D eigenvalue weighted by molar-refractivity contribution is 7.16. The minimum absolute atomic E-state index is 0.717. The first-order valence-corrected chi connectivity index (χ1v) is 9.52. The number of para-hydroxylation sites is 1. The summed E-state index contributed by atoms with van der Waals surface area (Å²) < 4.78 is 10.8. The first-order valence-electron chi connectivity index (χ1n) is 8.71. The molecule has 0 amide bonds. The zero-order valence-corrected chi connectivity index (χ0v) is 16.4. The van der Waals surface area contributed by atoms with Gasteiger partial charge in [-0.2, -0.15) is 0 Å². The highest BCUT2D eigenvalue weighted by Crippen LogP contribution is 2.37. The lowest BCUT2D eigenvalue weighted by molar-refractivity contribution is 0.355. The van der Waals surface area contributed by atoms with Crippen LogP contribution in [0.2, 0.25) is 0 Å². The van der Waals surface area contributed by atoms with Gasteiger partial charge < -0.3 is 14.8 Å². The summed E-state index contributed by atoms with van der Waals surface area (Å²) in [5, 5.41) is 4.37. The van der Waals surface area contributed by atoms with Gasteiger partial charge in [0.25, 0.3) is 0 Å². The number of hydrogen-bond acceptors (Lipinski definition) is 5. The van der Waals surface area contributed by atoms with E-state index in [2.05, 4.69) is 31.3 Å². The lowest BCUT2D eigenvalue weighted by Gasteiger charge is -2.09. The summed E-state index contributed by atoms with van der Waals surface area (Å²) in [5.74, 6) is 1.44. The molecule has 136 valence electrons. The summed E-state index contributed by atoms with van der Waals surface area (Å²) in [5.41, 5.74) is 4.34. The molecule has 2 aromatic carbocycles. The number of aryl methyl sites for hydroxylation is 2. The van der Waals surface area contributed by atoms with Crippen molar-refractivity contribution in [3.05, 3.63) is 52.9 Å². The molecular weight excluding hydrogens is 344 g/mol. The molecular formula is C21H24N2O2S. The smallest absolute Gasteiger partial charge is 0.187 e. The van der Waals surface area contributed by atoms with Crippen LogP contribution in [0.4, 0.5) is 10.8 Å². The van der Waals surface area contributed by atoms with Crippen LogP contribution in [-0.2, 0) is 6.42 Å². The molecule has 0 aliphatic carbocycles. The molecule has 0 aliphatic heterocycles. The van der Waals surface area contributed by atoms with E-state index in [0.29, 0.717) is 5.75 Å². The molecule has 0 radical (unpaired) electrons. The number of nitrogens with zero attached hydrogens (tertiary/aromatic N) is 1. The average molecular weight is 369 g/mol. The predicted molar refractivity (Wildman–Crippen MR) is 109 cm³/mol. The van der Waals surface area contributed by atoms with E-state index in [-0.39, 0.29) is 0 Å². The van der Waals surface area contributed by atoms with Gasteiger partial charge in [0.05, 0.1) is 19.9 Å². The van der Waals surface area contributed by atoms with E-state index in [1.807, 2.05) is 30.3 Å². The first-order chi connectivity index (χ1) is 12.7. The molecule has 1 aromatic heterocycles. The maximum Gasteiger partial charge on any atom is 0.187 e. The van der Waals surface area contributed by atoms with Crippen LogP contribution in [0.3, 0.4) is 0 Å². The number of thiazole rings is 1. The number of aromatic nitrogens is 1. The quantitative estimate of drug-likeness (QED) is 0.569. The van der Waals surface area contributed by atoms with Crippen molar-refractivity contribution in [3.8, 4) is 22.8 Å². The number of anilines is 2. The Morgan fingerprint density at radius 3 is 2.50 bits per heavy atom. The largest absolute Gasteiger partial charge is 0.493 e. The third-order valence-corrected chi connectivity index (χ3v) is 5.25. The Bertz CT molecular complexity index is 889. The summed E-state index contributed by atoms with van der Waals surface area (Å²) in [4.78, 5) is 6.15. The van der Waals surface area contributed by atoms with Gasteiger partial charge in [0.15, 0.2) is 16.6 Å². The van der Waals surface area contributed by atoms with Gasteiger partial charge in [0.2, 0.25) is 0 Å². The van der Waals surface area contributed by atoms with Crippen LogP contribution < -0.4 is 14.8 Å². The van der Waals surface area contributed by atoms with Crippen molar-refractivity contribution in [1.82, 2.24) is 4.98 Å². The van der Waals surface area contributed by atoms with Crippen molar-refractivity contribution in [2.45, 2.75) is 26.7 Å². The predicted octanol–water partition coefficient (Wildman–Crippen LogP) is 5.83. The summed E-state index contributed by atoms with van der Waals surface area (Å²) in [7, 11) is 3.30. The maximum atomic E-state index is 5.45. The molecule has 0 fully saturated rings. The summed E-state index contributed by atoms with van der Waals surface area (Å²) >= 11 is 1.71. The molecule has 1 heterocycles. The zero-order chi connectivity index (χ0) is 18.5. The number of hydrogen-bond donors (Lipinski definition) is 1. The van der Waals surface area contributed by atoms with Crippen LogP contribution in [0.5, 0.6) is 11.5 Å². The molecule has 0 atom stereocenters. The average Bonchev–Trinajstić information content (AvgIpc) is 3.05. The Hall–Kier alpha value is -2.53. The van der Waals surface area contributed by atoms with Gasteiger partial charge >= 0.3 is 0 Å². The van der Waals surface area contributed by atoms with Gasteiger partial charge in [-0.3, -0.25) is 0 Å². The molecule has 4 nitrogen and oxygen atoms in total. The molecule has 26 heavy (non-hydrogen) atoms. The summed E-state index contributed by atoms with van der Waals surface area (Å²) in [6.45, 7) is 4.28. The molecule has 0 bridgehead atoms. The Kier molecular flexibility index (Phi) is 5.78. The first kappa shape index (κ1) is 18.3. The van der Waals surface area contributed by atoms with E-state index in [0.717, 1.165) is 40.7 Å². The summed E-state index contributed by atoms with van der Waals surface area (Å²) in [6.07, 6.45) is 2.07. The van der Waals surface area contributed by atoms with E-state index in [1.165, 1.54) is 10.4 Å². The van der Waals surface area contributed by atoms with E-state index in [4.69, 9.17) is 14.5 Å². The van der Waals surface area contributed by atoms with Crippen LogP contribution in [0.25, 0.3) is 11.3 Å². The molecule has 1 N–H and O–H groups in total. The summed E-state index contributed by atoms with van der Waals surface area (Å²) in [6, 6.07) is 14.2. The van der Waals surface area contributed by atoms with Crippen molar-refractivity contribution in [3.63, 3.8) is 0 Å². The van der Waals surface area contributed by atoms with Gasteiger partial charge in [-0.05, 0) is 43.2 Å². The topological polar surface area (TPSA) is 43.4 Å². The Balaban J connectivity index is 1.99. The SMILES string of the molecule is CCCc1sc(Nc2ccccc2C)nc1-c1ccc(OC)c(OC)c1. The molecule has 3 rings (SSSR count). The van der Waals surface area contributed by atoms with Crippen molar-refractivity contribution < 1.29 is 9.47 Å². The van der Waals surface area contributed by atoms with Gasteiger partial charge in [-0.15, -0.1) is 11.3 Å². The third kappa shape index (κ3) is 3.83. The van der Waals surface area contributed by atoms with Crippen molar-refractivity contribution in [1.29, 1.82) is 0 Å². The molecule has 0 unspecified atom stereocenters. The second-order valence-electron chi connectivity index (χ2n) is 6.05. The fourth-order valence-corrected chi connectivity index (χ4v) is 3.94. The minimum Gasteiger partial charge on any atom is -0.493 e. The molecule has 0 aliphatic rings. The Labute approximate surface area is 158 Å². The standard InChI is InChI=1S/C21H24N2O2S/c1-5-8-19-20(15-11-12-17(24-3)18(13-15)25-4)23-21(26-19)22-16-10-7-6-9-14(16)2/h6-7,9-13H,5,8H2,1-4H3,(H,22,23). The van der Waals surface area contributed by atoms with Crippen LogP contribution in [-0.4, -0.2) is 19.2 Å². The number of methoxy groups -OCH3 is 2. The molecule has 0 saturated heterocycles. The van der Waals surface area contributed by atoms with Crippen LogP contribution in [0.15, 0.2) is 42.5 Å². The molecule has 5 heteroatoms. The maximum absolute atomic E-state index is 5.45. The lowest BCUT2D eigenvalue weighted by atomic mass is 10.1. The van der Waals surface area contributed by atoms with E-state index in [1.54, 1.807) is 25.6 Å². The Morgan fingerprint density at radius 2 is 1.81 bits per heavy atom. The minimum atomic E-state index is 0.717. The Morgan fingerprint density at radius 1 is 1.04 bits per heavy atom. The van der Waals surface area contributed by atoms with Gasteiger partial charge in [-0.1, -0.05) is 31.5 Å². The number of ether oxygens (including phenoxy) is 2. The lowest BCUT2D eigenvalue weighted by Crippen LogP contribution is -1.93. The fourth-order valence-electron chi connectivity index (χ4n) is 2.84. The monoisotopic (exact) mass is 368 g/mol. The third-order valence-electron chi connectivity index (χ3n) is 4.22. The number of rotatable bonds is 7. The molecule has 3 aromatic rings. The van der Waals surface area contributed by atoms with Crippen molar-refractivity contribution in [2.75, 3.05) is 19.5 Å².